The highest BCUT2D eigenvalue weighted by Gasteiger charge is 2.23. The van der Waals surface area contributed by atoms with Crippen LogP contribution in [0.2, 0.25) is 0 Å². The Morgan fingerprint density at radius 1 is 1.10 bits per heavy atom. The fourth-order valence-corrected chi connectivity index (χ4v) is 2.87. The minimum atomic E-state index is 0.331. The van der Waals surface area contributed by atoms with Crippen molar-refractivity contribution < 1.29 is 0 Å². The minimum absolute atomic E-state index is 0.331. The summed E-state index contributed by atoms with van der Waals surface area (Å²) in [5.41, 5.74) is 2.69. The van der Waals surface area contributed by atoms with E-state index in [1.165, 1.54) is 11.1 Å². The molecular weight excluding hydrogens is 258 g/mol. The highest BCUT2D eigenvalue weighted by Crippen LogP contribution is 2.33. The van der Waals surface area contributed by atoms with E-state index in [4.69, 9.17) is 0 Å². The van der Waals surface area contributed by atoms with Crippen molar-refractivity contribution in [1.82, 2.24) is 15.1 Å². The molecule has 0 aliphatic rings. The number of hydrogen-bond donors (Lipinski definition) is 1. The Kier molecular flexibility index (Phi) is 6.00. The average Bonchev–Trinajstić information content (AvgIpc) is 3.01. The van der Waals surface area contributed by atoms with E-state index in [1.54, 1.807) is 0 Å². The van der Waals surface area contributed by atoms with Gasteiger partial charge in [-0.25, -0.2) is 0 Å². The Balaban J connectivity index is 2.28. The number of rotatable bonds is 8. The van der Waals surface area contributed by atoms with Crippen LogP contribution in [-0.2, 0) is 6.54 Å². The summed E-state index contributed by atoms with van der Waals surface area (Å²) >= 11 is 0. The number of nitrogens with one attached hydrogen (secondary N) is 1. The lowest BCUT2D eigenvalue weighted by Gasteiger charge is -2.27. The fourth-order valence-electron chi connectivity index (χ4n) is 2.87. The van der Waals surface area contributed by atoms with Crippen LogP contribution in [0, 0.1) is 0 Å². The molecular formula is C18H27N3. The first-order chi connectivity index (χ1) is 10.3. The smallest absolute Gasteiger partial charge is 0.0537 e. The van der Waals surface area contributed by atoms with Crippen LogP contribution in [0.3, 0.4) is 0 Å². The molecule has 1 heterocycles. The molecule has 1 aromatic heterocycles. The molecule has 0 aliphatic heterocycles. The van der Waals surface area contributed by atoms with Crippen LogP contribution >= 0.6 is 0 Å². The Hall–Kier alpha value is -1.61. The Bertz CT molecular complexity index is 518. The zero-order valence-electron chi connectivity index (χ0n) is 13.4. The number of aryl methyl sites for hydroxylation is 1. The van der Waals surface area contributed by atoms with Crippen molar-refractivity contribution in [2.24, 2.45) is 0 Å². The molecule has 1 aromatic carbocycles. The van der Waals surface area contributed by atoms with Gasteiger partial charge in [-0.3, -0.25) is 4.68 Å². The molecule has 0 saturated carbocycles. The van der Waals surface area contributed by atoms with Gasteiger partial charge in [0.1, 0.15) is 0 Å². The molecule has 2 rings (SSSR count). The van der Waals surface area contributed by atoms with Crippen molar-refractivity contribution in [3.8, 4) is 0 Å². The van der Waals surface area contributed by atoms with Gasteiger partial charge in [-0.15, -0.1) is 0 Å². The third-order valence-electron chi connectivity index (χ3n) is 4.02. The molecule has 2 atom stereocenters. The number of nitrogens with zero attached hydrogens (tertiary/aromatic N) is 2. The zero-order chi connectivity index (χ0) is 15.1. The largest absolute Gasteiger partial charge is 0.309 e. The first-order valence-electron chi connectivity index (χ1n) is 8.10. The second-order valence-electron chi connectivity index (χ2n) is 5.49. The van der Waals surface area contributed by atoms with E-state index in [2.05, 4.69) is 67.7 Å². The van der Waals surface area contributed by atoms with Crippen LogP contribution in [0.15, 0.2) is 42.7 Å². The van der Waals surface area contributed by atoms with Gasteiger partial charge in [-0.05, 0) is 31.9 Å². The Morgan fingerprint density at radius 3 is 2.43 bits per heavy atom. The van der Waals surface area contributed by atoms with Gasteiger partial charge in [0.15, 0.2) is 0 Å². The van der Waals surface area contributed by atoms with Crippen molar-refractivity contribution in [1.29, 1.82) is 0 Å². The van der Waals surface area contributed by atoms with E-state index in [0.29, 0.717) is 12.0 Å². The van der Waals surface area contributed by atoms with Crippen LogP contribution in [0.4, 0.5) is 0 Å². The van der Waals surface area contributed by atoms with E-state index < -0.39 is 0 Å². The molecule has 0 spiro atoms. The van der Waals surface area contributed by atoms with Gasteiger partial charge >= 0.3 is 0 Å². The molecule has 0 aliphatic carbocycles. The van der Waals surface area contributed by atoms with Crippen LogP contribution in [-0.4, -0.2) is 16.3 Å². The average molecular weight is 285 g/mol. The zero-order valence-corrected chi connectivity index (χ0v) is 13.4. The van der Waals surface area contributed by atoms with Crippen molar-refractivity contribution in [3.05, 3.63) is 53.9 Å². The predicted octanol–water partition coefficient (Wildman–Crippen LogP) is 4.14. The molecule has 0 saturated heterocycles. The van der Waals surface area contributed by atoms with E-state index in [0.717, 1.165) is 25.9 Å². The molecule has 0 bridgehead atoms. The van der Waals surface area contributed by atoms with Gasteiger partial charge < -0.3 is 5.32 Å². The normalized spacial score (nSPS) is 14.0. The topological polar surface area (TPSA) is 29.9 Å². The van der Waals surface area contributed by atoms with Crippen molar-refractivity contribution in [3.63, 3.8) is 0 Å². The molecule has 0 fully saturated rings. The summed E-state index contributed by atoms with van der Waals surface area (Å²) in [5, 5.41) is 8.17. The second kappa shape index (κ2) is 7.99. The molecule has 114 valence electrons. The van der Waals surface area contributed by atoms with Gasteiger partial charge in [-0.2, -0.15) is 5.10 Å². The monoisotopic (exact) mass is 285 g/mol. The van der Waals surface area contributed by atoms with Gasteiger partial charge in [-0.1, -0.05) is 44.2 Å². The third kappa shape index (κ3) is 3.94. The third-order valence-corrected chi connectivity index (χ3v) is 4.02. The highest BCUT2D eigenvalue weighted by atomic mass is 15.3. The highest BCUT2D eigenvalue weighted by molar-refractivity contribution is 5.25. The van der Waals surface area contributed by atoms with Crippen LogP contribution in [0.25, 0.3) is 0 Å². The predicted molar refractivity (Wildman–Crippen MR) is 88.4 cm³/mol. The first-order valence-corrected chi connectivity index (χ1v) is 8.10. The SMILES string of the molecule is CCCNC(c1cnn(CC)c1)C(CC)c1ccccc1. The quantitative estimate of drug-likeness (QED) is 0.790. The van der Waals surface area contributed by atoms with E-state index in [1.807, 2.05) is 10.9 Å². The number of aromatic nitrogens is 2. The summed E-state index contributed by atoms with van der Waals surface area (Å²) in [6, 6.07) is 11.1. The summed E-state index contributed by atoms with van der Waals surface area (Å²) in [5.74, 6) is 0.479. The standard InChI is InChI=1S/C18H27N3/c1-4-12-19-18(16-13-20-21(6-3)14-16)17(5-2)15-10-8-7-9-11-15/h7-11,13-14,17-19H,4-6,12H2,1-3H3. The van der Waals surface area contributed by atoms with Crippen LogP contribution < -0.4 is 5.32 Å². The Labute approximate surface area is 128 Å². The van der Waals surface area contributed by atoms with Crippen LogP contribution in [0.5, 0.6) is 0 Å². The molecule has 1 N–H and O–H groups in total. The van der Waals surface area contributed by atoms with E-state index in [-0.39, 0.29) is 0 Å². The maximum absolute atomic E-state index is 4.45. The second-order valence-corrected chi connectivity index (χ2v) is 5.49. The van der Waals surface area contributed by atoms with Crippen molar-refractivity contribution in [2.75, 3.05) is 6.54 Å². The van der Waals surface area contributed by atoms with Gasteiger partial charge in [0.25, 0.3) is 0 Å². The molecule has 2 aromatic rings. The lowest BCUT2D eigenvalue weighted by molar-refractivity contribution is 0.435. The van der Waals surface area contributed by atoms with Gasteiger partial charge in [0.2, 0.25) is 0 Å². The van der Waals surface area contributed by atoms with E-state index >= 15 is 0 Å². The van der Waals surface area contributed by atoms with Crippen molar-refractivity contribution >= 4 is 0 Å². The number of hydrogen-bond acceptors (Lipinski definition) is 2. The lowest BCUT2D eigenvalue weighted by atomic mass is 9.86. The van der Waals surface area contributed by atoms with Gasteiger partial charge in [0.05, 0.1) is 6.20 Å². The summed E-state index contributed by atoms with van der Waals surface area (Å²) in [4.78, 5) is 0. The fraction of sp³-hybridized carbons (Fsp3) is 0.500. The summed E-state index contributed by atoms with van der Waals surface area (Å²) in [6.45, 7) is 8.55. The van der Waals surface area contributed by atoms with E-state index in [9.17, 15) is 0 Å². The maximum Gasteiger partial charge on any atom is 0.0537 e. The van der Waals surface area contributed by atoms with Crippen LogP contribution in [0.1, 0.15) is 56.7 Å². The first kappa shape index (κ1) is 15.8. The molecule has 0 amide bonds. The Morgan fingerprint density at radius 2 is 1.86 bits per heavy atom. The molecule has 3 nitrogen and oxygen atoms in total. The molecule has 21 heavy (non-hydrogen) atoms. The summed E-state index contributed by atoms with van der Waals surface area (Å²) in [7, 11) is 0. The minimum Gasteiger partial charge on any atom is -0.309 e. The van der Waals surface area contributed by atoms with Gasteiger partial charge in [0, 0.05) is 30.3 Å². The van der Waals surface area contributed by atoms with Crippen molar-refractivity contribution in [2.45, 2.75) is 52.1 Å². The maximum atomic E-state index is 4.45. The molecule has 3 heteroatoms. The summed E-state index contributed by atoms with van der Waals surface area (Å²) < 4.78 is 2.01. The molecule has 0 radical (unpaired) electrons. The number of benzene rings is 1. The summed E-state index contributed by atoms with van der Waals surface area (Å²) in [6.07, 6.45) is 6.45. The lowest BCUT2D eigenvalue weighted by Crippen LogP contribution is -2.27. The molecule has 2 unspecified atom stereocenters.